The number of hydrogen-bond acceptors (Lipinski definition) is 5. The average Bonchev–Trinajstić information content (AvgIpc) is 3.01. The van der Waals surface area contributed by atoms with Crippen LogP contribution >= 0.6 is 0 Å². The lowest BCUT2D eigenvalue weighted by Crippen LogP contribution is -2.47. The van der Waals surface area contributed by atoms with Crippen molar-refractivity contribution in [2.75, 3.05) is 48.4 Å². The summed E-state index contributed by atoms with van der Waals surface area (Å²) in [5.74, 6) is -0.00954. The molecule has 5 rings (SSSR count). The van der Waals surface area contributed by atoms with Crippen molar-refractivity contribution in [3.63, 3.8) is 0 Å². The molecular formula is C33H33FN4O3. The van der Waals surface area contributed by atoms with E-state index in [9.17, 15) is 14.0 Å². The minimum absolute atomic E-state index is 0.237. The van der Waals surface area contributed by atoms with Gasteiger partial charge in [-0.15, -0.1) is 0 Å². The zero-order valence-corrected chi connectivity index (χ0v) is 23.2. The molecule has 0 bridgehead atoms. The first kappa shape index (κ1) is 27.7. The van der Waals surface area contributed by atoms with Gasteiger partial charge in [-0.05, 0) is 66.6 Å². The van der Waals surface area contributed by atoms with Gasteiger partial charge < -0.3 is 25.2 Å². The Morgan fingerprint density at radius 2 is 1.44 bits per heavy atom. The second kappa shape index (κ2) is 12.6. The van der Waals surface area contributed by atoms with Crippen LogP contribution < -0.4 is 25.2 Å². The molecule has 210 valence electrons. The van der Waals surface area contributed by atoms with E-state index in [-0.39, 0.29) is 24.2 Å². The van der Waals surface area contributed by atoms with E-state index in [4.69, 9.17) is 4.74 Å². The number of nitrogens with one attached hydrogen (secondary N) is 2. The summed E-state index contributed by atoms with van der Waals surface area (Å²) in [6, 6.07) is 26.8. The van der Waals surface area contributed by atoms with Gasteiger partial charge in [-0.25, -0.2) is 4.39 Å². The molecule has 1 saturated heterocycles. The molecule has 0 aliphatic carbocycles. The fourth-order valence-corrected chi connectivity index (χ4v) is 5.06. The van der Waals surface area contributed by atoms with Crippen LogP contribution in [0.25, 0.3) is 0 Å². The van der Waals surface area contributed by atoms with Gasteiger partial charge in [0.05, 0.1) is 18.4 Å². The second-order valence-electron chi connectivity index (χ2n) is 9.96. The van der Waals surface area contributed by atoms with Crippen molar-refractivity contribution < 1.29 is 18.7 Å². The van der Waals surface area contributed by atoms with E-state index >= 15 is 0 Å². The largest absolute Gasteiger partial charge is 0.495 e. The lowest BCUT2D eigenvalue weighted by Gasteiger charge is -2.38. The fourth-order valence-electron chi connectivity index (χ4n) is 5.06. The number of ether oxygens (including phenoxy) is 1. The maximum atomic E-state index is 13.5. The highest BCUT2D eigenvalue weighted by molar-refractivity contribution is 6.07. The van der Waals surface area contributed by atoms with Crippen molar-refractivity contribution in [2.24, 2.45) is 0 Å². The van der Waals surface area contributed by atoms with Crippen LogP contribution in [0.1, 0.15) is 31.8 Å². The van der Waals surface area contributed by atoms with Crippen LogP contribution in [0.3, 0.4) is 0 Å². The highest BCUT2D eigenvalue weighted by Gasteiger charge is 2.24. The van der Waals surface area contributed by atoms with Crippen molar-refractivity contribution in [2.45, 2.75) is 13.5 Å². The van der Waals surface area contributed by atoms with E-state index in [0.717, 1.165) is 41.3 Å². The third kappa shape index (κ3) is 6.49. The predicted molar refractivity (Wildman–Crippen MR) is 161 cm³/mol. The Morgan fingerprint density at radius 3 is 2.15 bits per heavy atom. The lowest BCUT2D eigenvalue weighted by molar-refractivity contribution is 0.0950. The number of anilines is 3. The van der Waals surface area contributed by atoms with Gasteiger partial charge in [0.2, 0.25) is 0 Å². The van der Waals surface area contributed by atoms with Crippen molar-refractivity contribution in [3.05, 3.63) is 119 Å². The van der Waals surface area contributed by atoms with Crippen molar-refractivity contribution in [1.29, 1.82) is 0 Å². The van der Waals surface area contributed by atoms with Gasteiger partial charge in [-0.3, -0.25) is 9.59 Å². The minimum Gasteiger partial charge on any atom is -0.495 e. The molecule has 1 aliphatic rings. The minimum atomic E-state index is -0.327. The standard InChI is InChI=1S/C33H33FN4O3/c1-23-7-3-4-8-27(23)33(40)36-26-15-16-29(28(21-26)32(39)35-22-24-11-13-25(34)14-12-24)37-17-19-38(20-18-37)30-9-5-6-10-31(30)41-2/h3-16,21H,17-20,22H2,1-2H3,(H,35,39)(H,36,40). The quantitative estimate of drug-likeness (QED) is 0.296. The maximum absolute atomic E-state index is 13.5. The van der Waals surface area contributed by atoms with Crippen LogP contribution in [0.15, 0.2) is 91.0 Å². The summed E-state index contributed by atoms with van der Waals surface area (Å²) in [6.45, 7) is 5.04. The third-order valence-electron chi connectivity index (χ3n) is 7.30. The number of amides is 2. The van der Waals surface area contributed by atoms with E-state index in [2.05, 4.69) is 26.5 Å². The molecule has 0 radical (unpaired) electrons. The molecule has 7 nitrogen and oxygen atoms in total. The lowest BCUT2D eigenvalue weighted by atomic mass is 10.1. The van der Waals surface area contributed by atoms with Gasteiger partial charge in [0.15, 0.2) is 0 Å². The highest BCUT2D eigenvalue weighted by Crippen LogP contribution is 2.31. The van der Waals surface area contributed by atoms with Crippen molar-refractivity contribution in [3.8, 4) is 5.75 Å². The summed E-state index contributed by atoms with van der Waals surface area (Å²) in [5.41, 5.74) is 5.05. The van der Waals surface area contributed by atoms with Gasteiger partial charge in [0.25, 0.3) is 11.8 Å². The SMILES string of the molecule is COc1ccccc1N1CCN(c2ccc(NC(=O)c3ccccc3C)cc2C(=O)NCc2ccc(F)cc2)CC1. The van der Waals surface area contributed by atoms with Crippen LogP contribution in [0.4, 0.5) is 21.5 Å². The van der Waals surface area contributed by atoms with Crippen LogP contribution in [0, 0.1) is 12.7 Å². The molecule has 0 aromatic heterocycles. The Labute approximate surface area is 239 Å². The zero-order valence-electron chi connectivity index (χ0n) is 23.2. The van der Waals surface area contributed by atoms with E-state index < -0.39 is 0 Å². The Hall–Kier alpha value is -4.85. The second-order valence-corrected chi connectivity index (χ2v) is 9.96. The number of aryl methyl sites for hydroxylation is 1. The Kier molecular flexibility index (Phi) is 8.48. The molecule has 41 heavy (non-hydrogen) atoms. The molecule has 2 amide bonds. The molecule has 0 spiro atoms. The van der Waals surface area contributed by atoms with Crippen LogP contribution in [0.2, 0.25) is 0 Å². The number of nitrogens with zero attached hydrogens (tertiary/aromatic N) is 2. The predicted octanol–water partition coefficient (Wildman–Crippen LogP) is 5.65. The molecule has 0 saturated carbocycles. The number of para-hydroxylation sites is 2. The van der Waals surface area contributed by atoms with Gasteiger partial charge in [0.1, 0.15) is 11.6 Å². The number of rotatable bonds is 8. The Morgan fingerprint density at radius 1 is 0.780 bits per heavy atom. The molecule has 8 heteroatoms. The smallest absolute Gasteiger partial charge is 0.255 e. The van der Waals surface area contributed by atoms with Crippen molar-refractivity contribution in [1.82, 2.24) is 5.32 Å². The first-order chi connectivity index (χ1) is 19.9. The van der Waals surface area contributed by atoms with Crippen LogP contribution in [-0.4, -0.2) is 45.1 Å². The first-order valence-corrected chi connectivity index (χ1v) is 13.6. The normalized spacial score (nSPS) is 13.0. The first-order valence-electron chi connectivity index (χ1n) is 13.6. The monoisotopic (exact) mass is 552 g/mol. The number of halogens is 1. The molecule has 0 unspecified atom stereocenters. The van der Waals surface area contributed by atoms with Gasteiger partial charge in [-0.2, -0.15) is 0 Å². The number of carbonyl (C=O) groups is 2. The third-order valence-corrected chi connectivity index (χ3v) is 7.30. The number of methoxy groups -OCH3 is 1. The molecule has 0 atom stereocenters. The van der Waals surface area contributed by atoms with E-state index in [1.165, 1.54) is 12.1 Å². The molecule has 4 aromatic rings. The van der Waals surface area contributed by atoms with Crippen LogP contribution in [0.5, 0.6) is 5.75 Å². The van der Waals surface area contributed by atoms with E-state index in [0.29, 0.717) is 29.9 Å². The zero-order chi connectivity index (χ0) is 28.8. The number of hydrogen-bond donors (Lipinski definition) is 2. The van der Waals surface area contributed by atoms with Gasteiger partial charge >= 0.3 is 0 Å². The fraction of sp³-hybridized carbons (Fsp3) is 0.212. The van der Waals surface area contributed by atoms with Gasteiger partial charge in [0, 0.05) is 49.7 Å². The number of benzene rings is 4. The van der Waals surface area contributed by atoms with Crippen molar-refractivity contribution >= 4 is 28.9 Å². The highest BCUT2D eigenvalue weighted by atomic mass is 19.1. The molecule has 1 heterocycles. The summed E-state index contributed by atoms with van der Waals surface area (Å²) >= 11 is 0. The molecule has 2 N–H and O–H groups in total. The summed E-state index contributed by atoms with van der Waals surface area (Å²) in [6.07, 6.45) is 0. The Balaban J connectivity index is 1.37. The summed E-state index contributed by atoms with van der Waals surface area (Å²) in [5, 5.41) is 5.90. The topological polar surface area (TPSA) is 73.9 Å². The molecular weight excluding hydrogens is 519 g/mol. The Bertz CT molecular complexity index is 1530. The van der Waals surface area contributed by atoms with Crippen LogP contribution in [-0.2, 0) is 6.54 Å². The van der Waals surface area contributed by atoms with E-state index in [1.807, 2.05) is 55.5 Å². The average molecular weight is 553 g/mol. The number of piperazine rings is 1. The molecule has 1 aliphatic heterocycles. The maximum Gasteiger partial charge on any atom is 0.255 e. The summed E-state index contributed by atoms with van der Waals surface area (Å²) in [4.78, 5) is 31.0. The number of carbonyl (C=O) groups excluding carboxylic acids is 2. The van der Waals surface area contributed by atoms with E-state index in [1.54, 1.807) is 31.4 Å². The molecule has 1 fully saturated rings. The summed E-state index contributed by atoms with van der Waals surface area (Å²) < 4.78 is 18.9. The van der Waals surface area contributed by atoms with Gasteiger partial charge in [-0.1, -0.05) is 42.5 Å². The molecule has 4 aromatic carbocycles. The summed E-state index contributed by atoms with van der Waals surface area (Å²) in [7, 11) is 1.67.